The first-order valence-corrected chi connectivity index (χ1v) is 11.9. The van der Waals surface area contributed by atoms with Crippen molar-refractivity contribution in [2.45, 2.75) is 44.5 Å². The van der Waals surface area contributed by atoms with Crippen molar-refractivity contribution in [1.82, 2.24) is 25.1 Å². The maximum absolute atomic E-state index is 12.9. The number of carbonyl (C=O) groups excluding carboxylic acids is 3. The molecule has 1 N–H and O–H groups in total. The fraction of sp³-hybridized carbons (Fsp3) is 0.346. The predicted molar refractivity (Wildman–Crippen MR) is 126 cm³/mol. The minimum Gasteiger partial charge on any atom is -0.489 e. The molecular weight excluding hydrogens is 446 g/mol. The number of carbonyl (C=O) groups is 3. The summed E-state index contributed by atoms with van der Waals surface area (Å²) in [5, 5.41) is 2.34. The Hall–Kier alpha value is -3.85. The number of aromatic nitrogens is 2. The Labute approximate surface area is 202 Å². The van der Waals surface area contributed by atoms with E-state index in [1.54, 1.807) is 23.4 Å². The Balaban J connectivity index is 1.10. The lowest BCUT2D eigenvalue weighted by molar-refractivity contribution is -0.136. The number of rotatable bonds is 5. The molecule has 3 amide bonds. The number of piperidine rings is 1. The van der Waals surface area contributed by atoms with Crippen molar-refractivity contribution >= 4 is 28.8 Å². The van der Waals surface area contributed by atoms with Crippen LogP contribution in [0.2, 0.25) is 0 Å². The summed E-state index contributed by atoms with van der Waals surface area (Å²) in [5.41, 5.74) is 4.42. The van der Waals surface area contributed by atoms with Gasteiger partial charge in [0.2, 0.25) is 11.8 Å². The number of nitrogens with zero attached hydrogens (tertiary/aromatic N) is 4. The number of likely N-dealkylation sites (tertiary alicyclic amines) is 1. The van der Waals surface area contributed by atoms with Crippen LogP contribution < -0.4 is 10.1 Å². The predicted octanol–water partition coefficient (Wildman–Crippen LogP) is 2.04. The summed E-state index contributed by atoms with van der Waals surface area (Å²) in [6.45, 7) is 2.86. The molecule has 1 unspecified atom stereocenters. The van der Waals surface area contributed by atoms with Gasteiger partial charge < -0.3 is 9.64 Å². The molecule has 2 aromatic carbocycles. The summed E-state index contributed by atoms with van der Waals surface area (Å²) in [6.07, 6.45) is 5.00. The van der Waals surface area contributed by atoms with Crippen LogP contribution in [0.5, 0.6) is 5.75 Å². The zero-order chi connectivity index (χ0) is 23.9. The summed E-state index contributed by atoms with van der Waals surface area (Å²) in [6, 6.07) is 11.0. The molecule has 0 spiro atoms. The number of hydrogen-bond donors (Lipinski definition) is 1. The van der Waals surface area contributed by atoms with Gasteiger partial charge in [0.15, 0.2) is 0 Å². The normalized spacial score (nSPS) is 22.5. The lowest BCUT2D eigenvalue weighted by atomic mass is 10.0. The van der Waals surface area contributed by atoms with E-state index in [4.69, 9.17) is 4.74 Å². The molecule has 0 saturated carbocycles. The molecule has 2 saturated heterocycles. The average Bonchev–Trinajstić information content (AvgIpc) is 3.43. The van der Waals surface area contributed by atoms with Crippen molar-refractivity contribution in [3.05, 3.63) is 65.5 Å². The zero-order valence-corrected chi connectivity index (χ0v) is 19.1. The van der Waals surface area contributed by atoms with E-state index in [-0.39, 0.29) is 24.3 Å². The third-order valence-electron chi connectivity index (χ3n) is 7.00. The quantitative estimate of drug-likeness (QED) is 0.568. The molecule has 35 heavy (non-hydrogen) atoms. The Bertz CT molecular complexity index is 1340. The minimum absolute atomic E-state index is 0.0532. The second-order valence-electron chi connectivity index (χ2n) is 9.32. The summed E-state index contributed by atoms with van der Waals surface area (Å²) in [5.74, 6) is -0.136. The van der Waals surface area contributed by atoms with E-state index >= 15 is 0 Å². The van der Waals surface area contributed by atoms with Gasteiger partial charge in [0.25, 0.3) is 5.91 Å². The van der Waals surface area contributed by atoms with Crippen LogP contribution in [0.25, 0.3) is 11.0 Å². The van der Waals surface area contributed by atoms with Crippen molar-refractivity contribution in [1.29, 1.82) is 0 Å². The smallest absolute Gasteiger partial charge is 0.255 e. The molecule has 3 aliphatic heterocycles. The molecule has 6 rings (SSSR count). The van der Waals surface area contributed by atoms with Crippen LogP contribution in [0, 0.1) is 0 Å². The van der Waals surface area contributed by atoms with E-state index in [2.05, 4.69) is 26.3 Å². The van der Waals surface area contributed by atoms with Crippen LogP contribution in [0.3, 0.4) is 0 Å². The first-order chi connectivity index (χ1) is 17.0. The van der Waals surface area contributed by atoms with Gasteiger partial charge >= 0.3 is 0 Å². The van der Waals surface area contributed by atoms with E-state index in [1.807, 2.05) is 24.3 Å². The Morgan fingerprint density at radius 3 is 2.83 bits per heavy atom. The molecule has 9 nitrogen and oxygen atoms in total. The number of amides is 3. The molecule has 9 heteroatoms. The van der Waals surface area contributed by atoms with Crippen molar-refractivity contribution in [3.63, 3.8) is 0 Å². The van der Waals surface area contributed by atoms with Crippen molar-refractivity contribution in [2.75, 3.05) is 13.1 Å². The van der Waals surface area contributed by atoms with Gasteiger partial charge in [-0.05, 0) is 48.2 Å². The van der Waals surface area contributed by atoms with Crippen LogP contribution in [-0.2, 0) is 22.7 Å². The molecule has 178 valence electrons. The maximum atomic E-state index is 12.9. The standard InChI is InChI=1S/C26H25N5O4/c32-23-7-6-22(25(33)29-23)31-14-17-12-18(4-5-20(17)26(31)34)35-19-8-11-30(15-19)13-16-2-1-3-21-24(16)28-10-9-27-21/h1-5,9-10,12,19,22H,6-8,11,13-15H2,(H,29,32,33)/t19-,22?/m0/s1. The third-order valence-corrected chi connectivity index (χ3v) is 7.00. The molecule has 0 aliphatic carbocycles. The minimum atomic E-state index is -0.612. The zero-order valence-electron chi connectivity index (χ0n) is 19.1. The van der Waals surface area contributed by atoms with E-state index < -0.39 is 11.9 Å². The Morgan fingerprint density at radius 1 is 1.06 bits per heavy atom. The number of hydrogen-bond acceptors (Lipinski definition) is 7. The summed E-state index contributed by atoms with van der Waals surface area (Å²) < 4.78 is 6.28. The van der Waals surface area contributed by atoms with Gasteiger partial charge in [-0.2, -0.15) is 0 Å². The topological polar surface area (TPSA) is 105 Å². The first-order valence-electron chi connectivity index (χ1n) is 11.9. The van der Waals surface area contributed by atoms with Gasteiger partial charge in [-0.1, -0.05) is 12.1 Å². The highest BCUT2D eigenvalue weighted by molar-refractivity contribution is 6.05. The van der Waals surface area contributed by atoms with Crippen molar-refractivity contribution in [2.24, 2.45) is 0 Å². The molecule has 3 aromatic rings. The summed E-state index contributed by atoms with van der Waals surface area (Å²) >= 11 is 0. The van der Waals surface area contributed by atoms with E-state index in [0.29, 0.717) is 18.5 Å². The number of para-hydroxylation sites is 1. The van der Waals surface area contributed by atoms with Crippen LogP contribution >= 0.6 is 0 Å². The van der Waals surface area contributed by atoms with Gasteiger partial charge in [-0.3, -0.25) is 34.6 Å². The Kier molecular flexibility index (Phi) is 5.41. The molecule has 1 aromatic heterocycles. The van der Waals surface area contributed by atoms with E-state index in [9.17, 15) is 14.4 Å². The number of imide groups is 1. The second kappa shape index (κ2) is 8.74. The SMILES string of the molecule is O=C1CCC(N2Cc3cc(O[C@H]4CCN(Cc5cccc6nccnc56)C4)ccc3C2=O)C(=O)N1. The lowest BCUT2D eigenvalue weighted by Gasteiger charge is -2.29. The van der Waals surface area contributed by atoms with Crippen molar-refractivity contribution in [3.8, 4) is 5.75 Å². The second-order valence-corrected chi connectivity index (χ2v) is 9.32. The fourth-order valence-electron chi connectivity index (χ4n) is 5.27. The molecule has 3 aliphatic rings. The molecule has 2 atom stereocenters. The highest BCUT2D eigenvalue weighted by atomic mass is 16.5. The van der Waals surface area contributed by atoms with Crippen LogP contribution in [0.15, 0.2) is 48.8 Å². The lowest BCUT2D eigenvalue weighted by Crippen LogP contribution is -2.52. The van der Waals surface area contributed by atoms with Gasteiger partial charge in [0.05, 0.1) is 11.0 Å². The number of benzene rings is 2. The molecule has 2 fully saturated rings. The molecular formula is C26H25N5O4. The van der Waals surface area contributed by atoms with E-state index in [0.717, 1.165) is 54.0 Å². The first kappa shape index (κ1) is 21.7. The van der Waals surface area contributed by atoms with Crippen molar-refractivity contribution < 1.29 is 19.1 Å². The van der Waals surface area contributed by atoms with E-state index in [1.165, 1.54) is 0 Å². The highest BCUT2D eigenvalue weighted by Gasteiger charge is 2.39. The van der Waals surface area contributed by atoms with Crippen LogP contribution in [0.4, 0.5) is 0 Å². The van der Waals surface area contributed by atoms with Gasteiger partial charge in [0.1, 0.15) is 17.9 Å². The summed E-state index contributed by atoms with van der Waals surface area (Å²) in [4.78, 5) is 49.4. The highest BCUT2D eigenvalue weighted by Crippen LogP contribution is 2.31. The molecule has 0 radical (unpaired) electrons. The summed E-state index contributed by atoms with van der Waals surface area (Å²) in [7, 11) is 0. The fourth-order valence-corrected chi connectivity index (χ4v) is 5.27. The average molecular weight is 472 g/mol. The number of fused-ring (bicyclic) bond motifs is 2. The number of nitrogens with one attached hydrogen (secondary N) is 1. The van der Waals surface area contributed by atoms with Gasteiger partial charge in [-0.25, -0.2) is 0 Å². The number of ether oxygens (including phenoxy) is 1. The maximum Gasteiger partial charge on any atom is 0.255 e. The van der Waals surface area contributed by atoms with Gasteiger partial charge in [-0.15, -0.1) is 0 Å². The molecule has 0 bridgehead atoms. The molecule has 4 heterocycles. The monoisotopic (exact) mass is 471 g/mol. The Morgan fingerprint density at radius 2 is 1.94 bits per heavy atom. The largest absolute Gasteiger partial charge is 0.489 e. The van der Waals surface area contributed by atoms with Gasteiger partial charge in [0, 0.05) is 50.6 Å². The van der Waals surface area contributed by atoms with Crippen LogP contribution in [-0.4, -0.2) is 62.7 Å². The third kappa shape index (κ3) is 4.12. The van der Waals surface area contributed by atoms with Crippen LogP contribution in [0.1, 0.15) is 40.7 Å².